The van der Waals surface area contributed by atoms with Gasteiger partial charge in [0.05, 0.1) is 16.3 Å². The first kappa shape index (κ1) is 19.4. The largest absolute Gasteiger partial charge is 0.417 e. The first-order valence-corrected chi connectivity index (χ1v) is 9.19. The predicted octanol–water partition coefficient (Wildman–Crippen LogP) is 4.79. The van der Waals surface area contributed by atoms with E-state index in [9.17, 15) is 18.0 Å². The number of hydrogen-bond acceptors (Lipinski definition) is 3. The van der Waals surface area contributed by atoms with Gasteiger partial charge in [-0.3, -0.25) is 4.79 Å². The number of aromatic nitrogens is 1. The number of amides is 1. The predicted molar refractivity (Wildman–Crippen MR) is 89.1 cm³/mol. The lowest BCUT2D eigenvalue weighted by atomic mass is 9.78. The number of nitrogens with zero attached hydrogens (tertiary/aromatic N) is 1. The van der Waals surface area contributed by atoms with Gasteiger partial charge in [0.1, 0.15) is 5.03 Å². The van der Waals surface area contributed by atoms with Crippen LogP contribution >= 0.6 is 23.4 Å². The SMILES string of the molecule is C[C@H]1[C@H](C)CCC[C@H]1NC(=O)CSc1ncc(C(F)(F)F)cc1Cl. The number of carbonyl (C=O) groups is 1. The molecular formula is C16H20ClF3N2OS. The average Bonchev–Trinajstić information content (AvgIpc) is 2.49. The highest BCUT2D eigenvalue weighted by atomic mass is 35.5. The fourth-order valence-corrected chi connectivity index (χ4v) is 3.86. The molecule has 1 aliphatic rings. The standard InChI is InChI=1S/C16H20ClF3N2OS/c1-9-4-3-5-13(10(9)2)22-14(23)8-24-15-12(17)6-11(7-21-15)16(18,19)20/h6-7,9-10,13H,3-5,8H2,1-2H3,(H,22,23)/t9-,10+,13-/m1/s1. The van der Waals surface area contributed by atoms with Crippen molar-refractivity contribution >= 4 is 29.3 Å². The normalized spacial score (nSPS) is 24.7. The summed E-state index contributed by atoms with van der Waals surface area (Å²) in [6.07, 6.45) is -0.521. The molecule has 3 nitrogen and oxygen atoms in total. The first-order chi connectivity index (χ1) is 11.2. The van der Waals surface area contributed by atoms with Crippen LogP contribution in [0, 0.1) is 11.8 Å². The van der Waals surface area contributed by atoms with E-state index in [1.165, 1.54) is 6.42 Å². The molecule has 0 radical (unpaired) electrons. The van der Waals surface area contributed by atoms with Crippen molar-refractivity contribution in [1.29, 1.82) is 0 Å². The van der Waals surface area contributed by atoms with Crippen LogP contribution in [0.4, 0.5) is 13.2 Å². The highest BCUT2D eigenvalue weighted by Crippen LogP contribution is 2.34. The van der Waals surface area contributed by atoms with E-state index in [1.54, 1.807) is 0 Å². The summed E-state index contributed by atoms with van der Waals surface area (Å²) in [5, 5.41) is 3.15. The second-order valence-corrected chi connectivity index (χ2v) is 7.61. The maximum absolute atomic E-state index is 12.6. The van der Waals surface area contributed by atoms with Crippen molar-refractivity contribution in [1.82, 2.24) is 10.3 Å². The van der Waals surface area contributed by atoms with Crippen LogP contribution in [0.3, 0.4) is 0 Å². The van der Waals surface area contributed by atoms with Crippen LogP contribution in [-0.2, 0) is 11.0 Å². The molecule has 3 atom stereocenters. The highest BCUT2D eigenvalue weighted by Gasteiger charge is 2.32. The number of carbonyl (C=O) groups excluding carboxylic acids is 1. The molecule has 134 valence electrons. The van der Waals surface area contributed by atoms with Crippen LogP contribution in [0.15, 0.2) is 17.3 Å². The molecule has 0 unspecified atom stereocenters. The van der Waals surface area contributed by atoms with E-state index in [4.69, 9.17) is 11.6 Å². The minimum atomic E-state index is -4.48. The van der Waals surface area contributed by atoms with Gasteiger partial charge in [0.25, 0.3) is 0 Å². The minimum absolute atomic E-state index is 0.0791. The third-order valence-electron chi connectivity index (χ3n) is 4.53. The summed E-state index contributed by atoms with van der Waals surface area (Å²) in [6.45, 7) is 4.32. The zero-order chi connectivity index (χ0) is 17.9. The van der Waals surface area contributed by atoms with E-state index in [0.717, 1.165) is 36.9 Å². The second-order valence-electron chi connectivity index (χ2n) is 6.24. The van der Waals surface area contributed by atoms with Crippen molar-refractivity contribution in [3.05, 3.63) is 22.8 Å². The smallest absolute Gasteiger partial charge is 0.352 e. The molecule has 1 saturated carbocycles. The maximum Gasteiger partial charge on any atom is 0.417 e. The van der Waals surface area contributed by atoms with Crippen LogP contribution in [0.5, 0.6) is 0 Å². The van der Waals surface area contributed by atoms with Crippen LogP contribution in [-0.4, -0.2) is 22.7 Å². The van der Waals surface area contributed by atoms with E-state index in [1.807, 2.05) is 0 Å². The first-order valence-electron chi connectivity index (χ1n) is 7.83. The molecule has 1 aromatic rings. The zero-order valence-corrected chi connectivity index (χ0v) is 15.1. The van der Waals surface area contributed by atoms with E-state index >= 15 is 0 Å². The topological polar surface area (TPSA) is 42.0 Å². The second kappa shape index (κ2) is 7.95. The van der Waals surface area contributed by atoms with Gasteiger partial charge in [-0.1, -0.05) is 50.1 Å². The lowest BCUT2D eigenvalue weighted by Crippen LogP contribution is -2.44. The molecular weight excluding hydrogens is 361 g/mol. The zero-order valence-electron chi connectivity index (χ0n) is 13.5. The molecule has 1 aliphatic carbocycles. The Labute approximate surface area is 148 Å². The molecule has 24 heavy (non-hydrogen) atoms. The maximum atomic E-state index is 12.6. The Kier molecular flexibility index (Phi) is 6.42. The fraction of sp³-hybridized carbons (Fsp3) is 0.625. The van der Waals surface area contributed by atoms with Crippen LogP contribution in [0.25, 0.3) is 0 Å². The summed E-state index contributed by atoms with van der Waals surface area (Å²) < 4.78 is 37.7. The summed E-state index contributed by atoms with van der Waals surface area (Å²) in [4.78, 5) is 15.8. The Morgan fingerprint density at radius 2 is 2.12 bits per heavy atom. The summed E-state index contributed by atoms with van der Waals surface area (Å²) in [5.74, 6) is 0.919. The van der Waals surface area contributed by atoms with Crippen molar-refractivity contribution in [3.8, 4) is 0 Å². The fourth-order valence-electron chi connectivity index (χ4n) is 2.85. The van der Waals surface area contributed by atoms with Crippen molar-refractivity contribution < 1.29 is 18.0 Å². The third kappa shape index (κ3) is 5.02. The quantitative estimate of drug-likeness (QED) is 0.764. The molecule has 0 aromatic carbocycles. The monoisotopic (exact) mass is 380 g/mol. The number of halogens is 4. The van der Waals surface area contributed by atoms with Gasteiger partial charge < -0.3 is 5.32 Å². The molecule has 0 bridgehead atoms. The molecule has 1 heterocycles. The number of pyridine rings is 1. The number of thioether (sulfide) groups is 1. The van der Waals surface area contributed by atoms with Crippen LogP contribution in [0.1, 0.15) is 38.7 Å². The minimum Gasteiger partial charge on any atom is -0.352 e. The summed E-state index contributed by atoms with van der Waals surface area (Å²) >= 11 is 6.88. The number of rotatable bonds is 4. The highest BCUT2D eigenvalue weighted by molar-refractivity contribution is 8.00. The lowest BCUT2D eigenvalue weighted by Gasteiger charge is -2.34. The summed E-state index contributed by atoms with van der Waals surface area (Å²) in [5.41, 5.74) is -0.897. The van der Waals surface area contributed by atoms with Gasteiger partial charge in [-0.25, -0.2) is 4.98 Å². The van der Waals surface area contributed by atoms with E-state index in [2.05, 4.69) is 24.1 Å². The molecule has 1 amide bonds. The van der Waals surface area contributed by atoms with Crippen molar-refractivity contribution in [2.75, 3.05) is 5.75 Å². The van der Waals surface area contributed by atoms with Gasteiger partial charge >= 0.3 is 6.18 Å². The average molecular weight is 381 g/mol. The van der Waals surface area contributed by atoms with Gasteiger partial charge in [0.2, 0.25) is 5.91 Å². The van der Waals surface area contributed by atoms with E-state index in [-0.39, 0.29) is 27.8 Å². The number of hydrogen-bond donors (Lipinski definition) is 1. The third-order valence-corrected chi connectivity index (χ3v) is 5.93. The summed E-state index contributed by atoms with van der Waals surface area (Å²) in [7, 11) is 0. The van der Waals surface area contributed by atoms with Gasteiger partial charge in [-0.2, -0.15) is 13.2 Å². The number of nitrogens with one attached hydrogen (secondary N) is 1. The Hall–Kier alpha value is -0.950. The van der Waals surface area contributed by atoms with Gasteiger partial charge in [-0.15, -0.1) is 0 Å². The number of alkyl halides is 3. The lowest BCUT2D eigenvalue weighted by molar-refractivity contribution is -0.137. The molecule has 1 N–H and O–H groups in total. The molecule has 0 spiro atoms. The Balaban J connectivity index is 1.90. The van der Waals surface area contributed by atoms with Crippen LogP contribution < -0.4 is 5.32 Å². The van der Waals surface area contributed by atoms with Gasteiger partial charge in [-0.05, 0) is 24.3 Å². The molecule has 2 rings (SSSR count). The van der Waals surface area contributed by atoms with Crippen molar-refractivity contribution in [2.24, 2.45) is 11.8 Å². The Bertz CT molecular complexity index is 597. The molecule has 1 fully saturated rings. The molecule has 0 saturated heterocycles. The van der Waals surface area contributed by atoms with E-state index < -0.39 is 11.7 Å². The Morgan fingerprint density at radius 1 is 1.42 bits per heavy atom. The molecule has 1 aromatic heterocycles. The van der Waals surface area contributed by atoms with Gasteiger partial charge in [0.15, 0.2) is 0 Å². The molecule has 0 aliphatic heterocycles. The van der Waals surface area contributed by atoms with Gasteiger partial charge in [0, 0.05) is 12.2 Å². The Morgan fingerprint density at radius 3 is 2.75 bits per heavy atom. The van der Waals surface area contributed by atoms with Crippen molar-refractivity contribution in [2.45, 2.75) is 50.4 Å². The van der Waals surface area contributed by atoms with Crippen LogP contribution in [0.2, 0.25) is 5.02 Å². The summed E-state index contributed by atoms with van der Waals surface area (Å²) in [6, 6.07) is 0.984. The van der Waals surface area contributed by atoms with E-state index in [0.29, 0.717) is 11.8 Å². The molecule has 8 heteroatoms. The van der Waals surface area contributed by atoms with Crippen molar-refractivity contribution in [3.63, 3.8) is 0 Å².